The molecule has 1 fully saturated rings. The molecule has 1 heterocycles. The van der Waals surface area contributed by atoms with Gasteiger partial charge in [-0.05, 0) is 31.0 Å². The second-order valence-electron chi connectivity index (χ2n) is 3.51. The molecule has 0 N–H and O–H groups in total. The number of nitrogens with zero attached hydrogens (tertiary/aromatic N) is 1. The minimum Gasteiger partial charge on any atom is -0.495 e. The van der Waals surface area contributed by atoms with Crippen molar-refractivity contribution in [2.24, 2.45) is 0 Å². The van der Waals surface area contributed by atoms with Gasteiger partial charge in [-0.15, -0.1) is 0 Å². The Morgan fingerprint density at radius 1 is 1.29 bits per heavy atom. The molecule has 0 radical (unpaired) electrons. The van der Waals surface area contributed by atoms with Gasteiger partial charge in [0.05, 0.1) is 12.8 Å². The van der Waals surface area contributed by atoms with E-state index in [4.69, 9.17) is 16.3 Å². The number of hydrogen-bond acceptors (Lipinski definition) is 2. The molecule has 0 bridgehead atoms. The van der Waals surface area contributed by atoms with Gasteiger partial charge in [-0.3, -0.25) is 0 Å². The summed E-state index contributed by atoms with van der Waals surface area (Å²) in [5, 5.41) is 0.771. The number of methoxy groups -OCH3 is 1. The van der Waals surface area contributed by atoms with E-state index in [0.29, 0.717) is 0 Å². The van der Waals surface area contributed by atoms with E-state index in [9.17, 15) is 0 Å². The van der Waals surface area contributed by atoms with Crippen LogP contribution in [0.5, 0.6) is 5.75 Å². The Morgan fingerprint density at radius 2 is 2.00 bits per heavy atom. The Hall–Kier alpha value is -0.890. The number of benzene rings is 1. The highest BCUT2D eigenvalue weighted by atomic mass is 35.5. The maximum atomic E-state index is 5.97. The average molecular weight is 212 g/mol. The molecule has 0 atom stereocenters. The molecular weight excluding hydrogens is 198 g/mol. The summed E-state index contributed by atoms with van der Waals surface area (Å²) in [4.78, 5) is 2.32. The van der Waals surface area contributed by atoms with Crippen LogP contribution in [0.3, 0.4) is 0 Å². The highest BCUT2D eigenvalue weighted by Crippen LogP contribution is 2.33. The van der Waals surface area contributed by atoms with Crippen molar-refractivity contribution in [3.8, 4) is 5.75 Å². The van der Waals surface area contributed by atoms with Crippen LogP contribution in [0.1, 0.15) is 12.8 Å². The third-order valence-corrected chi connectivity index (χ3v) is 2.82. The lowest BCUT2D eigenvalue weighted by Gasteiger charge is -2.20. The van der Waals surface area contributed by atoms with Gasteiger partial charge in [0.15, 0.2) is 0 Å². The van der Waals surface area contributed by atoms with Crippen molar-refractivity contribution in [1.82, 2.24) is 0 Å². The monoisotopic (exact) mass is 211 g/mol. The second kappa shape index (κ2) is 4.09. The molecule has 14 heavy (non-hydrogen) atoms. The first-order valence-corrected chi connectivity index (χ1v) is 5.27. The fourth-order valence-electron chi connectivity index (χ4n) is 1.87. The molecule has 76 valence electrons. The molecule has 0 saturated carbocycles. The SMILES string of the molecule is COc1ccc(Cl)cc1N1CCCC1. The Bertz CT molecular complexity index is 321. The van der Waals surface area contributed by atoms with Gasteiger partial charge in [-0.1, -0.05) is 11.6 Å². The number of hydrogen-bond donors (Lipinski definition) is 0. The van der Waals surface area contributed by atoms with Gasteiger partial charge in [0.2, 0.25) is 0 Å². The van der Waals surface area contributed by atoms with Crippen molar-refractivity contribution in [1.29, 1.82) is 0 Å². The fourth-order valence-corrected chi connectivity index (χ4v) is 2.03. The van der Waals surface area contributed by atoms with Gasteiger partial charge in [-0.25, -0.2) is 0 Å². The van der Waals surface area contributed by atoms with Gasteiger partial charge in [-0.2, -0.15) is 0 Å². The van der Waals surface area contributed by atoms with Crippen LogP contribution in [0.2, 0.25) is 5.02 Å². The molecule has 0 aliphatic carbocycles. The zero-order valence-corrected chi connectivity index (χ0v) is 9.05. The smallest absolute Gasteiger partial charge is 0.142 e. The van der Waals surface area contributed by atoms with Crippen LogP contribution in [-0.4, -0.2) is 20.2 Å². The van der Waals surface area contributed by atoms with Crippen molar-refractivity contribution in [2.45, 2.75) is 12.8 Å². The Morgan fingerprint density at radius 3 is 2.64 bits per heavy atom. The summed E-state index contributed by atoms with van der Waals surface area (Å²) in [5.74, 6) is 0.913. The molecule has 1 aromatic rings. The molecule has 3 heteroatoms. The molecule has 1 aliphatic rings. The number of ether oxygens (including phenoxy) is 1. The summed E-state index contributed by atoms with van der Waals surface area (Å²) in [7, 11) is 1.70. The maximum Gasteiger partial charge on any atom is 0.142 e. The first-order valence-electron chi connectivity index (χ1n) is 4.90. The maximum absolute atomic E-state index is 5.97. The van der Waals surface area contributed by atoms with Crippen LogP contribution in [-0.2, 0) is 0 Å². The van der Waals surface area contributed by atoms with Crippen LogP contribution >= 0.6 is 11.6 Å². The minimum atomic E-state index is 0.771. The summed E-state index contributed by atoms with van der Waals surface area (Å²) in [5.41, 5.74) is 1.12. The first kappa shape index (κ1) is 9.66. The van der Waals surface area contributed by atoms with E-state index in [2.05, 4.69) is 4.90 Å². The van der Waals surface area contributed by atoms with Crippen molar-refractivity contribution >= 4 is 17.3 Å². The zero-order valence-electron chi connectivity index (χ0n) is 8.29. The number of rotatable bonds is 2. The van der Waals surface area contributed by atoms with E-state index >= 15 is 0 Å². The molecule has 1 saturated heterocycles. The van der Waals surface area contributed by atoms with E-state index < -0.39 is 0 Å². The van der Waals surface area contributed by atoms with E-state index in [-0.39, 0.29) is 0 Å². The van der Waals surface area contributed by atoms with E-state index in [1.807, 2.05) is 18.2 Å². The summed E-state index contributed by atoms with van der Waals surface area (Å²) < 4.78 is 5.31. The van der Waals surface area contributed by atoms with E-state index in [0.717, 1.165) is 29.5 Å². The quantitative estimate of drug-likeness (QED) is 0.746. The first-order chi connectivity index (χ1) is 6.81. The van der Waals surface area contributed by atoms with Gasteiger partial charge >= 0.3 is 0 Å². The average Bonchev–Trinajstić information content (AvgIpc) is 2.70. The molecule has 0 aromatic heterocycles. The molecule has 1 aliphatic heterocycles. The standard InChI is InChI=1S/C11H14ClNO/c1-14-11-5-4-9(12)8-10(11)13-6-2-3-7-13/h4-5,8H,2-3,6-7H2,1H3. The van der Waals surface area contributed by atoms with Gasteiger partial charge in [0, 0.05) is 18.1 Å². The summed E-state index contributed by atoms with van der Waals surface area (Å²) in [6.07, 6.45) is 2.52. The van der Waals surface area contributed by atoms with Crippen LogP contribution in [0, 0.1) is 0 Å². The number of halogens is 1. The van der Waals surface area contributed by atoms with Crippen molar-refractivity contribution < 1.29 is 4.74 Å². The second-order valence-corrected chi connectivity index (χ2v) is 3.95. The van der Waals surface area contributed by atoms with Crippen molar-refractivity contribution in [3.63, 3.8) is 0 Å². The number of anilines is 1. The molecule has 1 aromatic carbocycles. The topological polar surface area (TPSA) is 12.5 Å². The molecule has 2 nitrogen and oxygen atoms in total. The van der Waals surface area contributed by atoms with Gasteiger partial charge in [0.1, 0.15) is 5.75 Å². The molecule has 0 amide bonds. The third-order valence-electron chi connectivity index (χ3n) is 2.59. The van der Waals surface area contributed by atoms with Gasteiger partial charge in [0.25, 0.3) is 0 Å². The van der Waals surface area contributed by atoms with Crippen molar-refractivity contribution in [2.75, 3.05) is 25.1 Å². The van der Waals surface area contributed by atoms with Crippen LogP contribution in [0.25, 0.3) is 0 Å². The predicted molar refractivity (Wildman–Crippen MR) is 59.5 cm³/mol. The molecular formula is C11H14ClNO. The summed E-state index contributed by atoms with van der Waals surface area (Å²) in [6, 6.07) is 5.77. The highest BCUT2D eigenvalue weighted by Gasteiger charge is 2.16. The molecule has 0 spiro atoms. The zero-order chi connectivity index (χ0) is 9.97. The van der Waals surface area contributed by atoms with Crippen molar-refractivity contribution in [3.05, 3.63) is 23.2 Å². The minimum absolute atomic E-state index is 0.771. The lowest BCUT2D eigenvalue weighted by atomic mass is 10.2. The van der Waals surface area contributed by atoms with Gasteiger partial charge < -0.3 is 9.64 Å². The largest absolute Gasteiger partial charge is 0.495 e. The Balaban J connectivity index is 2.33. The molecule has 2 rings (SSSR count). The Labute approximate surface area is 89.4 Å². The van der Waals surface area contributed by atoms with E-state index in [1.165, 1.54) is 12.8 Å². The predicted octanol–water partition coefficient (Wildman–Crippen LogP) is 2.95. The fraction of sp³-hybridized carbons (Fsp3) is 0.455. The summed E-state index contributed by atoms with van der Waals surface area (Å²) in [6.45, 7) is 2.22. The highest BCUT2D eigenvalue weighted by molar-refractivity contribution is 6.30. The lowest BCUT2D eigenvalue weighted by Crippen LogP contribution is -2.18. The lowest BCUT2D eigenvalue weighted by molar-refractivity contribution is 0.415. The summed E-state index contributed by atoms with van der Waals surface area (Å²) >= 11 is 5.97. The van der Waals surface area contributed by atoms with Crippen LogP contribution in [0.15, 0.2) is 18.2 Å². The Kier molecular flexibility index (Phi) is 2.82. The molecule has 0 unspecified atom stereocenters. The van der Waals surface area contributed by atoms with Crippen LogP contribution < -0.4 is 9.64 Å². The third kappa shape index (κ3) is 1.80. The van der Waals surface area contributed by atoms with E-state index in [1.54, 1.807) is 7.11 Å². The normalized spacial score (nSPS) is 16.0. The van der Waals surface area contributed by atoms with Crippen LogP contribution in [0.4, 0.5) is 5.69 Å².